The minimum Gasteiger partial charge on any atom is -0.457 e. The SMILES string of the molecule is CC(=O)N(c1ccccc1)c1nc(COC(=O)c2occc2CS(=O)(=O)c2ccccc2)cs1. The predicted molar refractivity (Wildman–Crippen MR) is 127 cm³/mol. The van der Waals surface area contributed by atoms with E-state index in [9.17, 15) is 18.0 Å². The molecular formula is C24H20N2O6S2. The van der Waals surface area contributed by atoms with Crippen LogP contribution in [0.3, 0.4) is 0 Å². The van der Waals surface area contributed by atoms with Gasteiger partial charge in [0.1, 0.15) is 6.61 Å². The Labute approximate surface area is 200 Å². The highest BCUT2D eigenvalue weighted by molar-refractivity contribution is 7.90. The van der Waals surface area contributed by atoms with Gasteiger partial charge in [-0.3, -0.25) is 9.69 Å². The Bertz CT molecular complexity index is 1400. The molecule has 0 N–H and O–H groups in total. The zero-order valence-electron chi connectivity index (χ0n) is 18.1. The number of thiazole rings is 1. The van der Waals surface area contributed by atoms with E-state index in [2.05, 4.69) is 4.98 Å². The minimum atomic E-state index is -3.66. The first-order chi connectivity index (χ1) is 16.3. The van der Waals surface area contributed by atoms with Crippen LogP contribution in [0.25, 0.3) is 0 Å². The summed E-state index contributed by atoms with van der Waals surface area (Å²) in [6, 6.07) is 18.5. The topological polar surface area (TPSA) is 107 Å². The van der Waals surface area contributed by atoms with Crippen molar-refractivity contribution in [2.75, 3.05) is 4.90 Å². The molecule has 0 aliphatic heterocycles. The van der Waals surface area contributed by atoms with Gasteiger partial charge in [-0.2, -0.15) is 0 Å². The third-order valence-corrected chi connectivity index (χ3v) is 7.35. The standard InChI is InChI=1S/C24H20N2O6S2/c1-17(27)26(20-8-4-2-5-9-20)24-25-19(15-33-24)14-32-23(28)22-18(12-13-31-22)16-34(29,30)21-10-6-3-7-11-21/h2-13,15H,14,16H2,1H3. The van der Waals surface area contributed by atoms with E-state index in [-0.39, 0.29) is 28.7 Å². The Morgan fingerprint density at radius 1 is 1.03 bits per heavy atom. The van der Waals surface area contributed by atoms with Gasteiger partial charge in [0.25, 0.3) is 0 Å². The maximum absolute atomic E-state index is 12.7. The smallest absolute Gasteiger partial charge is 0.374 e. The van der Waals surface area contributed by atoms with Crippen molar-refractivity contribution in [1.29, 1.82) is 0 Å². The van der Waals surface area contributed by atoms with Crippen LogP contribution < -0.4 is 4.90 Å². The molecule has 10 heteroatoms. The Balaban J connectivity index is 1.44. The summed E-state index contributed by atoms with van der Waals surface area (Å²) in [4.78, 5) is 30.8. The van der Waals surface area contributed by atoms with Crippen molar-refractivity contribution in [3.8, 4) is 0 Å². The van der Waals surface area contributed by atoms with E-state index in [1.165, 1.54) is 47.6 Å². The molecule has 8 nitrogen and oxygen atoms in total. The third kappa shape index (κ3) is 5.24. The molecule has 0 atom stereocenters. The number of carbonyl (C=O) groups is 2. The number of anilines is 2. The second kappa shape index (κ2) is 10.0. The summed E-state index contributed by atoms with van der Waals surface area (Å²) in [5.74, 6) is -1.58. The zero-order chi connectivity index (χ0) is 24.1. The molecule has 0 spiro atoms. The maximum Gasteiger partial charge on any atom is 0.374 e. The van der Waals surface area contributed by atoms with Crippen LogP contribution in [-0.2, 0) is 31.7 Å². The van der Waals surface area contributed by atoms with Gasteiger partial charge in [-0.1, -0.05) is 36.4 Å². The van der Waals surface area contributed by atoms with Crippen LogP contribution in [-0.4, -0.2) is 25.3 Å². The number of hydrogen-bond donors (Lipinski definition) is 0. The number of rotatable bonds is 8. The lowest BCUT2D eigenvalue weighted by Gasteiger charge is -2.17. The number of nitrogens with zero attached hydrogens (tertiary/aromatic N) is 2. The average molecular weight is 497 g/mol. The molecule has 0 saturated heterocycles. The lowest BCUT2D eigenvalue weighted by Crippen LogP contribution is -2.22. The number of amides is 1. The Morgan fingerprint density at radius 2 is 1.71 bits per heavy atom. The summed E-state index contributed by atoms with van der Waals surface area (Å²) >= 11 is 1.24. The monoisotopic (exact) mass is 496 g/mol. The van der Waals surface area contributed by atoms with Gasteiger partial charge >= 0.3 is 5.97 Å². The molecule has 4 rings (SSSR count). The zero-order valence-corrected chi connectivity index (χ0v) is 19.7. The van der Waals surface area contributed by atoms with E-state index < -0.39 is 21.6 Å². The van der Waals surface area contributed by atoms with Gasteiger partial charge in [-0.15, -0.1) is 11.3 Å². The van der Waals surface area contributed by atoms with Gasteiger partial charge in [0.05, 0.1) is 28.3 Å². The predicted octanol–water partition coefficient (Wildman–Crippen LogP) is 4.75. The molecule has 0 unspecified atom stereocenters. The van der Waals surface area contributed by atoms with Crippen LogP contribution in [0.2, 0.25) is 0 Å². The van der Waals surface area contributed by atoms with Gasteiger partial charge in [0.2, 0.25) is 11.7 Å². The van der Waals surface area contributed by atoms with Gasteiger partial charge in [0.15, 0.2) is 15.0 Å². The van der Waals surface area contributed by atoms with Crippen LogP contribution >= 0.6 is 11.3 Å². The number of aromatic nitrogens is 1. The molecule has 0 aliphatic carbocycles. The maximum atomic E-state index is 12.7. The molecule has 2 heterocycles. The Kier molecular flexibility index (Phi) is 6.90. The van der Waals surface area contributed by atoms with E-state index in [0.29, 0.717) is 16.5 Å². The van der Waals surface area contributed by atoms with Crippen molar-refractivity contribution in [3.05, 3.63) is 95.4 Å². The molecule has 34 heavy (non-hydrogen) atoms. The summed E-state index contributed by atoms with van der Waals surface area (Å²) < 4.78 is 35.8. The number of para-hydroxylation sites is 1. The van der Waals surface area contributed by atoms with E-state index in [4.69, 9.17) is 9.15 Å². The summed E-state index contributed by atoms with van der Waals surface area (Å²) in [5, 5.41) is 2.13. The number of carbonyl (C=O) groups excluding carboxylic acids is 2. The number of sulfone groups is 1. The molecule has 0 saturated carbocycles. The third-order valence-electron chi connectivity index (χ3n) is 4.79. The lowest BCUT2D eigenvalue weighted by molar-refractivity contribution is -0.115. The highest BCUT2D eigenvalue weighted by atomic mass is 32.2. The Morgan fingerprint density at radius 3 is 2.38 bits per heavy atom. The van der Waals surface area contributed by atoms with Gasteiger partial charge < -0.3 is 9.15 Å². The molecule has 2 aromatic carbocycles. The second-order valence-corrected chi connectivity index (χ2v) is 10.1. The van der Waals surface area contributed by atoms with Gasteiger partial charge in [0, 0.05) is 17.9 Å². The highest BCUT2D eigenvalue weighted by Gasteiger charge is 2.24. The van der Waals surface area contributed by atoms with Crippen molar-refractivity contribution < 1.29 is 27.2 Å². The summed E-state index contributed by atoms with van der Waals surface area (Å²) in [6.07, 6.45) is 1.25. The molecule has 174 valence electrons. The van der Waals surface area contributed by atoms with E-state index in [1.807, 2.05) is 18.2 Å². The molecule has 0 bridgehead atoms. The quantitative estimate of drug-likeness (QED) is 0.324. The van der Waals surface area contributed by atoms with Gasteiger partial charge in [-0.05, 0) is 30.3 Å². The van der Waals surface area contributed by atoms with Crippen molar-refractivity contribution in [1.82, 2.24) is 4.98 Å². The molecule has 0 aliphatic rings. The van der Waals surface area contributed by atoms with Crippen LogP contribution in [0, 0.1) is 0 Å². The molecular weight excluding hydrogens is 476 g/mol. The van der Waals surface area contributed by atoms with Crippen LogP contribution in [0.1, 0.15) is 28.7 Å². The summed E-state index contributed by atoms with van der Waals surface area (Å²) in [6.45, 7) is 1.28. The normalized spacial score (nSPS) is 11.2. The largest absolute Gasteiger partial charge is 0.457 e. The first-order valence-corrected chi connectivity index (χ1v) is 12.7. The minimum absolute atomic E-state index is 0.152. The number of benzene rings is 2. The fourth-order valence-corrected chi connectivity index (χ4v) is 5.47. The molecule has 1 amide bonds. The fraction of sp³-hybridized carbons (Fsp3) is 0.125. The Hall–Kier alpha value is -3.76. The summed E-state index contributed by atoms with van der Waals surface area (Å²) in [7, 11) is -3.66. The highest BCUT2D eigenvalue weighted by Crippen LogP contribution is 2.29. The first kappa shape index (κ1) is 23.4. The van der Waals surface area contributed by atoms with Crippen molar-refractivity contribution in [2.24, 2.45) is 0 Å². The number of furan rings is 1. The van der Waals surface area contributed by atoms with Crippen molar-refractivity contribution in [3.63, 3.8) is 0 Å². The lowest BCUT2D eigenvalue weighted by atomic mass is 10.3. The van der Waals surface area contributed by atoms with Crippen LogP contribution in [0.15, 0.2) is 87.7 Å². The van der Waals surface area contributed by atoms with Crippen molar-refractivity contribution >= 4 is 43.9 Å². The molecule has 4 aromatic rings. The van der Waals surface area contributed by atoms with E-state index >= 15 is 0 Å². The summed E-state index contributed by atoms with van der Waals surface area (Å²) in [5.41, 5.74) is 1.33. The van der Waals surface area contributed by atoms with E-state index in [1.54, 1.807) is 35.7 Å². The molecule has 0 fully saturated rings. The number of ether oxygens (including phenoxy) is 1. The number of hydrogen-bond acceptors (Lipinski definition) is 8. The second-order valence-electron chi connectivity index (χ2n) is 7.23. The molecule has 0 radical (unpaired) electrons. The first-order valence-electron chi connectivity index (χ1n) is 10.2. The average Bonchev–Trinajstić information content (AvgIpc) is 3.48. The fourth-order valence-electron chi connectivity index (χ4n) is 3.22. The number of esters is 1. The van der Waals surface area contributed by atoms with Crippen LogP contribution in [0.4, 0.5) is 10.8 Å². The van der Waals surface area contributed by atoms with Crippen molar-refractivity contribution in [2.45, 2.75) is 24.2 Å². The van der Waals surface area contributed by atoms with Crippen LogP contribution in [0.5, 0.6) is 0 Å². The molecule has 2 aromatic heterocycles. The van der Waals surface area contributed by atoms with E-state index in [0.717, 1.165) is 0 Å². The van der Waals surface area contributed by atoms with Gasteiger partial charge in [-0.25, -0.2) is 18.2 Å².